The Labute approximate surface area is 126 Å². The zero-order valence-corrected chi connectivity index (χ0v) is 12.2. The van der Waals surface area contributed by atoms with Crippen molar-refractivity contribution in [2.75, 3.05) is 5.73 Å². The summed E-state index contributed by atoms with van der Waals surface area (Å²) in [6.45, 7) is 1.90. The fourth-order valence-electron chi connectivity index (χ4n) is 1.92. The maximum atomic E-state index is 12.8. The Morgan fingerprint density at radius 3 is 2.64 bits per heavy atom. The number of aromatic nitrogens is 2. The highest BCUT2D eigenvalue weighted by Gasteiger charge is 2.09. The van der Waals surface area contributed by atoms with Crippen LogP contribution in [0.4, 0.5) is 10.3 Å². The molecule has 0 atom stereocenters. The lowest BCUT2D eigenvalue weighted by molar-refractivity contribution is -0.121. The van der Waals surface area contributed by atoms with E-state index < -0.39 is 0 Å². The summed E-state index contributed by atoms with van der Waals surface area (Å²) in [4.78, 5) is 27.8. The molecule has 0 spiro atoms. The summed E-state index contributed by atoms with van der Waals surface area (Å²) in [5.74, 6) is -0.693. The molecule has 0 unspecified atom stereocenters. The van der Waals surface area contributed by atoms with E-state index in [1.54, 1.807) is 12.1 Å². The summed E-state index contributed by atoms with van der Waals surface area (Å²) in [6, 6.07) is 7.15. The molecule has 2 rings (SSSR count). The first-order valence-electron chi connectivity index (χ1n) is 6.87. The molecular formula is C15H17FN4O2. The number of nitrogens with two attached hydrogens (primary N) is 1. The zero-order chi connectivity index (χ0) is 16.1. The Hall–Kier alpha value is -2.70. The van der Waals surface area contributed by atoms with E-state index in [4.69, 9.17) is 5.73 Å². The molecule has 0 fully saturated rings. The molecular weight excluding hydrogens is 287 g/mol. The van der Waals surface area contributed by atoms with Crippen LogP contribution in [-0.2, 0) is 24.3 Å². The molecule has 7 heteroatoms. The molecule has 0 saturated carbocycles. The third kappa shape index (κ3) is 3.91. The van der Waals surface area contributed by atoms with Crippen LogP contribution < -0.4 is 16.6 Å². The number of aryl methyl sites for hydroxylation is 1. The quantitative estimate of drug-likeness (QED) is 0.856. The predicted octanol–water partition coefficient (Wildman–Crippen LogP) is 0.843. The zero-order valence-electron chi connectivity index (χ0n) is 12.2. The number of hydrogen-bond donors (Lipinski definition) is 2. The van der Waals surface area contributed by atoms with E-state index in [0.717, 1.165) is 10.1 Å². The number of carbonyl (C=O) groups is 1. The Morgan fingerprint density at radius 1 is 1.36 bits per heavy atom. The largest absolute Gasteiger partial charge is 0.369 e. The standard InChI is InChI=1S/C15H17FN4O2/c1-2-12-7-14(22)20(15(17)19-12)9-13(21)18-8-10-3-5-11(16)6-4-10/h3-7H,2,8-9H2,1H3,(H2,17,19)(H,18,21). The molecule has 3 N–H and O–H groups in total. The van der Waals surface area contributed by atoms with Gasteiger partial charge in [-0.25, -0.2) is 9.37 Å². The number of anilines is 1. The number of hydrogen-bond acceptors (Lipinski definition) is 4. The maximum Gasteiger partial charge on any atom is 0.255 e. The van der Waals surface area contributed by atoms with Gasteiger partial charge in [-0.1, -0.05) is 19.1 Å². The topological polar surface area (TPSA) is 90.0 Å². The minimum Gasteiger partial charge on any atom is -0.369 e. The van der Waals surface area contributed by atoms with Crippen molar-refractivity contribution in [3.05, 3.63) is 57.8 Å². The van der Waals surface area contributed by atoms with Gasteiger partial charge in [-0.3, -0.25) is 14.2 Å². The van der Waals surface area contributed by atoms with Gasteiger partial charge >= 0.3 is 0 Å². The van der Waals surface area contributed by atoms with Gasteiger partial charge in [-0.05, 0) is 24.1 Å². The van der Waals surface area contributed by atoms with Crippen LogP contribution >= 0.6 is 0 Å². The lowest BCUT2D eigenvalue weighted by atomic mass is 10.2. The molecule has 0 bridgehead atoms. The highest BCUT2D eigenvalue weighted by Crippen LogP contribution is 2.02. The summed E-state index contributed by atoms with van der Waals surface area (Å²) in [7, 11) is 0. The molecule has 0 saturated heterocycles. The van der Waals surface area contributed by atoms with Crippen molar-refractivity contribution in [2.45, 2.75) is 26.4 Å². The molecule has 116 valence electrons. The van der Waals surface area contributed by atoms with E-state index in [9.17, 15) is 14.0 Å². The van der Waals surface area contributed by atoms with Crippen LogP contribution in [0.3, 0.4) is 0 Å². The van der Waals surface area contributed by atoms with Crippen LogP contribution in [0, 0.1) is 5.82 Å². The van der Waals surface area contributed by atoms with Crippen molar-refractivity contribution < 1.29 is 9.18 Å². The number of amides is 1. The van der Waals surface area contributed by atoms with Gasteiger partial charge in [0.25, 0.3) is 5.56 Å². The highest BCUT2D eigenvalue weighted by atomic mass is 19.1. The van der Waals surface area contributed by atoms with Gasteiger partial charge in [-0.15, -0.1) is 0 Å². The molecule has 0 aliphatic heterocycles. The Balaban J connectivity index is 2.00. The van der Waals surface area contributed by atoms with Crippen molar-refractivity contribution in [3.8, 4) is 0 Å². The minimum atomic E-state index is -0.371. The van der Waals surface area contributed by atoms with Crippen molar-refractivity contribution in [3.63, 3.8) is 0 Å². The van der Waals surface area contributed by atoms with E-state index in [1.165, 1.54) is 18.2 Å². The monoisotopic (exact) mass is 304 g/mol. The lowest BCUT2D eigenvalue weighted by Crippen LogP contribution is -2.33. The first-order chi connectivity index (χ1) is 10.5. The normalized spacial score (nSPS) is 10.5. The number of halogens is 1. The number of benzene rings is 1. The molecule has 0 aliphatic carbocycles. The van der Waals surface area contributed by atoms with Crippen LogP contribution in [0.2, 0.25) is 0 Å². The van der Waals surface area contributed by atoms with Crippen molar-refractivity contribution in [1.29, 1.82) is 0 Å². The molecule has 6 nitrogen and oxygen atoms in total. The summed E-state index contributed by atoms with van der Waals surface area (Å²) in [5, 5.41) is 2.65. The molecule has 0 radical (unpaired) electrons. The van der Waals surface area contributed by atoms with Crippen LogP contribution in [0.5, 0.6) is 0 Å². The Bertz CT molecular complexity index is 725. The third-order valence-electron chi connectivity index (χ3n) is 3.16. The molecule has 1 heterocycles. The SMILES string of the molecule is CCc1cc(=O)n(CC(=O)NCc2ccc(F)cc2)c(N)n1. The fraction of sp³-hybridized carbons (Fsp3) is 0.267. The average Bonchev–Trinajstić information content (AvgIpc) is 2.50. The molecule has 1 aromatic heterocycles. The van der Waals surface area contributed by atoms with Gasteiger partial charge in [-0.2, -0.15) is 0 Å². The average molecular weight is 304 g/mol. The van der Waals surface area contributed by atoms with Gasteiger partial charge in [0.2, 0.25) is 11.9 Å². The first kappa shape index (κ1) is 15.7. The smallest absolute Gasteiger partial charge is 0.255 e. The number of nitrogen functional groups attached to an aromatic ring is 1. The van der Waals surface area contributed by atoms with Crippen molar-refractivity contribution in [1.82, 2.24) is 14.9 Å². The third-order valence-corrected chi connectivity index (χ3v) is 3.16. The second-order valence-corrected chi connectivity index (χ2v) is 4.79. The Kier molecular flexibility index (Phi) is 4.88. The molecule has 0 aliphatic rings. The molecule has 1 amide bonds. The number of nitrogens with one attached hydrogen (secondary N) is 1. The summed E-state index contributed by atoms with van der Waals surface area (Å²) >= 11 is 0. The van der Waals surface area contributed by atoms with E-state index in [-0.39, 0.29) is 36.3 Å². The molecule has 1 aromatic carbocycles. The van der Waals surface area contributed by atoms with Crippen LogP contribution in [0.25, 0.3) is 0 Å². The summed E-state index contributed by atoms with van der Waals surface area (Å²) in [6.07, 6.45) is 0.594. The maximum absolute atomic E-state index is 12.8. The molecule has 2 aromatic rings. The van der Waals surface area contributed by atoms with Crippen molar-refractivity contribution in [2.24, 2.45) is 0 Å². The highest BCUT2D eigenvalue weighted by molar-refractivity contribution is 5.76. The summed E-state index contributed by atoms with van der Waals surface area (Å²) in [5.41, 5.74) is 6.69. The minimum absolute atomic E-state index is 0.0151. The Morgan fingerprint density at radius 2 is 2.05 bits per heavy atom. The second kappa shape index (κ2) is 6.84. The van der Waals surface area contributed by atoms with Gasteiger partial charge < -0.3 is 11.1 Å². The number of carbonyl (C=O) groups excluding carboxylic acids is 1. The fourth-order valence-corrected chi connectivity index (χ4v) is 1.92. The first-order valence-corrected chi connectivity index (χ1v) is 6.87. The van der Waals surface area contributed by atoms with Gasteiger partial charge in [0.05, 0.1) is 0 Å². The molecule has 22 heavy (non-hydrogen) atoms. The van der Waals surface area contributed by atoms with E-state index in [0.29, 0.717) is 12.1 Å². The van der Waals surface area contributed by atoms with Gasteiger partial charge in [0.15, 0.2) is 0 Å². The second-order valence-electron chi connectivity index (χ2n) is 4.79. The van der Waals surface area contributed by atoms with Crippen LogP contribution in [0.15, 0.2) is 35.1 Å². The van der Waals surface area contributed by atoms with E-state index in [2.05, 4.69) is 10.3 Å². The van der Waals surface area contributed by atoms with Crippen LogP contribution in [0.1, 0.15) is 18.2 Å². The summed E-state index contributed by atoms with van der Waals surface area (Å²) < 4.78 is 13.9. The lowest BCUT2D eigenvalue weighted by Gasteiger charge is -2.10. The van der Waals surface area contributed by atoms with Gasteiger partial charge in [0, 0.05) is 18.3 Å². The van der Waals surface area contributed by atoms with Crippen LogP contribution in [-0.4, -0.2) is 15.5 Å². The number of rotatable bonds is 5. The van der Waals surface area contributed by atoms with Gasteiger partial charge in [0.1, 0.15) is 12.4 Å². The number of nitrogens with zero attached hydrogens (tertiary/aromatic N) is 2. The van der Waals surface area contributed by atoms with Crippen molar-refractivity contribution >= 4 is 11.9 Å². The van der Waals surface area contributed by atoms with E-state index in [1.807, 2.05) is 6.92 Å². The predicted molar refractivity (Wildman–Crippen MR) is 80.5 cm³/mol. The van der Waals surface area contributed by atoms with E-state index >= 15 is 0 Å².